The molecule has 1 aliphatic carbocycles. The van der Waals surface area contributed by atoms with Gasteiger partial charge >= 0.3 is 0 Å². The minimum Gasteiger partial charge on any atom is -0.487 e. The van der Waals surface area contributed by atoms with Crippen LogP contribution in [0.15, 0.2) is 18.3 Å². The molecule has 0 amide bonds. The number of nitrogens with zero attached hydrogens (tertiary/aromatic N) is 1. The first-order valence-corrected chi connectivity index (χ1v) is 7.17. The molecule has 1 saturated carbocycles. The van der Waals surface area contributed by atoms with Crippen LogP contribution in [0.5, 0.6) is 5.75 Å². The highest BCUT2D eigenvalue weighted by atomic mass is 16.5. The first-order chi connectivity index (χ1) is 9.20. The molecule has 1 aromatic rings. The first kappa shape index (κ1) is 14.1. The Bertz CT molecular complexity index is 395. The number of nitrogens with one attached hydrogen (secondary N) is 1. The van der Waals surface area contributed by atoms with E-state index < -0.39 is 0 Å². The quantitative estimate of drug-likeness (QED) is 0.829. The lowest BCUT2D eigenvalue weighted by Gasteiger charge is -2.20. The summed E-state index contributed by atoms with van der Waals surface area (Å²) in [7, 11) is 0. The first-order valence-electron chi connectivity index (χ1n) is 7.17. The predicted molar refractivity (Wildman–Crippen MR) is 76.4 cm³/mol. The van der Waals surface area contributed by atoms with Crippen molar-refractivity contribution in [2.75, 3.05) is 18.5 Å². The SMILES string of the molecule is CC(C)Oc1cccnc1NCC1CCCC1CO. The average Bonchev–Trinajstić information content (AvgIpc) is 2.84. The lowest BCUT2D eigenvalue weighted by molar-refractivity contribution is 0.198. The molecule has 4 nitrogen and oxygen atoms in total. The highest BCUT2D eigenvalue weighted by molar-refractivity contribution is 5.49. The van der Waals surface area contributed by atoms with E-state index >= 15 is 0 Å². The molecule has 0 spiro atoms. The summed E-state index contributed by atoms with van der Waals surface area (Å²) in [6.07, 6.45) is 5.45. The number of anilines is 1. The fraction of sp³-hybridized carbons (Fsp3) is 0.667. The number of pyridine rings is 1. The van der Waals surface area contributed by atoms with Crippen molar-refractivity contribution in [1.82, 2.24) is 4.98 Å². The molecule has 1 heterocycles. The third kappa shape index (κ3) is 3.83. The molecule has 1 aliphatic rings. The van der Waals surface area contributed by atoms with Crippen molar-refractivity contribution in [2.24, 2.45) is 11.8 Å². The number of aliphatic hydroxyl groups excluding tert-OH is 1. The zero-order valence-corrected chi connectivity index (χ0v) is 11.8. The van der Waals surface area contributed by atoms with E-state index in [9.17, 15) is 5.11 Å². The lowest BCUT2D eigenvalue weighted by atomic mass is 9.97. The Balaban J connectivity index is 1.95. The van der Waals surface area contributed by atoms with Crippen molar-refractivity contribution in [3.8, 4) is 5.75 Å². The van der Waals surface area contributed by atoms with Gasteiger partial charge in [-0.1, -0.05) is 6.42 Å². The van der Waals surface area contributed by atoms with E-state index in [1.807, 2.05) is 26.0 Å². The van der Waals surface area contributed by atoms with E-state index in [0.717, 1.165) is 24.5 Å². The highest BCUT2D eigenvalue weighted by Gasteiger charge is 2.26. The average molecular weight is 264 g/mol. The van der Waals surface area contributed by atoms with E-state index in [1.54, 1.807) is 6.20 Å². The van der Waals surface area contributed by atoms with Crippen LogP contribution in [-0.2, 0) is 0 Å². The van der Waals surface area contributed by atoms with E-state index in [4.69, 9.17) is 4.74 Å². The summed E-state index contributed by atoms with van der Waals surface area (Å²) >= 11 is 0. The normalized spacial score (nSPS) is 22.7. The van der Waals surface area contributed by atoms with Gasteiger partial charge < -0.3 is 15.2 Å². The summed E-state index contributed by atoms with van der Waals surface area (Å²) in [5.74, 6) is 2.58. The largest absolute Gasteiger partial charge is 0.487 e. The van der Waals surface area contributed by atoms with Gasteiger partial charge in [-0.05, 0) is 50.7 Å². The topological polar surface area (TPSA) is 54.4 Å². The molecule has 2 N–H and O–H groups in total. The molecule has 106 valence electrons. The summed E-state index contributed by atoms with van der Waals surface area (Å²) in [6, 6.07) is 3.82. The summed E-state index contributed by atoms with van der Waals surface area (Å²) in [5, 5.41) is 12.7. The Morgan fingerprint density at radius 3 is 2.95 bits per heavy atom. The summed E-state index contributed by atoms with van der Waals surface area (Å²) in [6.45, 7) is 5.17. The van der Waals surface area contributed by atoms with E-state index in [0.29, 0.717) is 18.4 Å². The van der Waals surface area contributed by atoms with E-state index in [-0.39, 0.29) is 6.10 Å². The number of rotatable bonds is 6. The molecule has 2 rings (SSSR count). The highest BCUT2D eigenvalue weighted by Crippen LogP contribution is 2.32. The number of hydrogen-bond donors (Lipinski definition) is 2. The molecule has 0 aromatic carbocycles. The third-order valence-corrected chi connectivity index (χ3v) is 3.72. The van der Waals surface area contributed by atoms with Crippen LogP contribution in [0.25, 0.3) is 0 Å². The fourth-order valence-corrected chi connectivity index (χ4v) is 2.72. The Labute approximate surface area is 115 Å². The lowest BCUT2D eigenvalue weighted by Crippen LogP contribution is -2.21. The van der Waals surface area contributed by atoms with Crippen LogP contribution in [0.2, 0.25) is 0 Å². The Morgan fingerprint density at radius 2 is 2.21 bits per heavy atom. The van der Waals surface area contributed by atoms with Crippen molar-refractivity contribution in [1.29, 1.82) is 0 Å². The van der Waals surface area contributed by atoms with Gasteiger partial charge in [-0.25, -0.2) is 4.98 Å². The van der Waals surface area contributed by atoms with Gasteiger partial charge in [-0.15, -0.1) is 0 Å². The number of hydrogen-bond acceptors (Lipinski definition) is 4. The second-order valence-electron chi connectivity index (χ2n) is 5.53. The van der Waals surface area contributed by atoms with Crippen LogP contribution in [0.4, 0.5) is 5.82 Å². The van der Waals surface area contributed by atoms with Gasteiger partial charge in [0.15, 0.2) is 11.6 Å². The molecule has 0 aliphatic heterocycles. The van der Waals surface area contributed by atoms with Crippen molar-refractivity contribution >= 4 is 5.82 Å². The molecule has 1 fully saturated rings. The van der Waals surface area contributed by atoms with Crippen LogP contribution in [0, 0.1) is 11.8 Å². The van der Waals surface area contributed by atoms with E-state index in [2.05, 4.69) is 10.3 Å². The molecule has 2 unspecified atom stereocenters. The number of aromatic nitrogens is 1. The van der Waals surface area contributed by atoms with Crippen molar-refractivity contribution in [3.05, 3.63) is 18.3 Å². The molecular formula is C15H24N2O2. The minimum absolute atomic E-state index is 0.140. The minimum atomic E-state index is 0.140. The van der Waals surface area contributed by atoms with E-state index in [1.165, 1.54) is 12.8 Å². The molecule has 0 bridgehead atoms. The summed E-state index contributed by atoms with van der Waals surface area (Å²) < 4.78 is 5.74. The van der Waals surface area contributed by atoms with Crippen LogP contribution in [0.1, 0.15) is 33.1 Å². The van der Waals surface area contributed by atoms with Crippen molar-refractivity contribution in [2.45, 2.75) is 39.2 Å². The number of ether oxygens (including phenoxy) is 1. The molecular weight excluding hydrogens is 240 g/mol. The van der Waals surface area contributed by atoms with Gasteiger partial charge in [-0.2, -0.15) is 0 Å². The van der Waals surface area contributed by atoms with Gasteiger partial charge in [0.1, 0.15) is 0 Å². The van der Waals surface area contributed by atoms with Gasteiger partial charge in [-0.3, -0.25) is 0 Å². The third-order valence-electron chi connectivity index (χ3n) is 3.72. The maximum atomic E-state index is 9.34. The van der Waals surface area contributed by atoms with Gasteiger partial charge in [0, 0.05) is 19.3 Å². The zero-order chi connectivity index (χ0) is 13.7. The van der Waals surface area contributed by atoms with Crippen LogP contribution >= 0.6 is 0 Å². The Morgan fingerprint density at radius 1 is 1.42 bits per heavy atom. The Hall–Kier alpha value is -1.29. The van der Waals surface area contributed by atoms with Crippen molar-refractivity contribution < 1.29 is 9.84 Å². The summed E-state index contributed by atoms with van der Waals surface area (Å²) in [4.78, 5) is 4.34. The second-order valence-corrected chi connectivity index (χ2v) is 5.53. The number of aliphatic hydroxyl groups is 1. The molecule has 0 radical (unpaired) electrons. The Kier molecular flexibility index (Phi) is 5.02. The van der Waals surface area contributed by atoms with Crippen LogP contribution < -0.4 is 10.1 Å². The molecule has 4 heteroatoms. The smallest absolute Gasteiger partial charge is 0.168 e. The maximum Gasteiger partial charge on any atom is 0.168 e. The molecule has 0 saturated heterocycles. The van der Waals surface area contributed by atoms with Gasteiger partial charge in [0.2, 0.25) is 0 Å². The maximum absolute atomic E-state index is 9.34. The zero-order valence-electron chi connectivity index (χ0n) is 11.8. The predicted octanol–water partition coefficient (Wildman–Crippen LogP) is 2.69. The molecule has 19 heavy (non-hydrogen) atoms. The standard InChI is InChI=1S/C15H24N2O2/c1-11(2)19-14-7-4-8-16-15(14)17-9-12-5-3-6-13(12)10-18/h4,7-8,11-13,18H,3,5-6,9-10H2,1-2H3,(H,16,17). The van der Waals surface area contributed by atoms with Gasteiger partial charge in [0.05, 0.1) is 6.10 Å². The van der Waals surface area contributed by atoms with Crippen LogP contribution in [0.3, 0.4) is 0 Å². The van der Waals surface area contributed by atoms with Crippen LogP contribution in [-0.4, -0.2) is 29.3 Å². The van der Waals surface area contributed by atoms with Crippen molar-refractivity contribution in [3.63, 3.8) is 0 Å². The summed E-state index contributed by atoms with van der Waals surface area (Å²) in [5.41, 5.74) is 0. The fourth-order valence-electron chi connectivity index (χ4n) is 2.72. The van der Waals surface area contributed by atoms with Gasteiger partial charge in [0.25, 0.3) is 0 Å². The molecule has 1 aromatic heterocycles. The second kappa shape index (κ2) is 6.75. The molecule has 2 atom stereocenters. The monoisotopic (exact) mass is 264 g/mol.